The van der Waals surface area contributed by atoms with Crippen molar-refractivity contribution in [2.24, 2.45) is 0 Å². The first-order valence-corrected chi connectivity index (χ1v) is 6.77. The van der Waals surface area contributed by atoms with Gasteiger partial charge in [-0.15, -0.1) is 0 Å². The van der Waals surface area contributed by atoms with Crippen LogP contribution in [0.15, 0.2) is 18.3 Å². The van der Waals surface area contributed by atoms with Crippen LogP contribution in [0.4, 0.5) is 0 Å². The predicted octanol–water partition coefficient (Wildman–Crippen LogP) is 1.37. The van der Waals surface area contributed by atoms with Gasteiger partial charge >= 0.3 is 0 Å². The predicted molar refractivity (Wildman–Crippen MR) is 70.6 cm³/mol. The maximum Gasteiger partial charge on any atom is 0.212 e. The van der Waals surface area contributed by atoms with Crippen LogP contribution in [-0.4, -0.2) is 53.6 Å². The van der Waals surface area contributed by atoms with Gasteiger partial charge in [0.25, 0.3) is 0 Å². The van der Waals surface area contributed by atoms with E-state index in [1.165, 1.54) is 31.6 Å². The van der Waals surface area contributed by atoms with Crippen LogP contribution in [-0.2, 0) is 6.54 Å². The fourth-order valence-corrected chi connectivity index (χ4v) is 3.27. The maximum atomic E-state index is 5.09. The van der Waals surface area contributed by atoms with Crippen LogP contribution in [0, 0.1) is 0 Å². The largest absolute Gasteiger partial charge is 0.481 e. The first-order chi connectivity index (χ1) is 8.80. The minimum absolute atomic E-state index is 0.693. The summed E-state index contributed by atoms with van der Waals surface area (Å²) in [6.07, 6.45) is 3.28. The molecule has 3 heterocycles. The molecule has 0 spiro atoms. The van der Waals surface area contributed by atoms with Crippen molar-refractivity contribution in [3.8, 4) is 5.88 Å². The molecule has 4 heteroatoms. The van der Waals surface area contributed by atoms with E-state index in [9.17, 15) is 0 Å². The molecule has 2 saturated heterocycles. The average Bonchev–Trinajstić information content (AvgIpc) is 2.99. The van der Waals surface area contributed by atoms with Gasteiger partial charge in [0.15, 0.2) is 0 Å². The summed E-state index contributed by atoms with van der Waals surface area (Å²) < 4.78 is 5.09. The highest BCUT2D eigenvalue weighted by molar-refractivity contribution is 5.18. The number of methoxy groups -OCH3 is 1. The molecule has 0 radical (unpaired) electrons. The monoisotopic (exact) mass is 247 g/mol. The van der Waals surface area contributed by atoms with Gasteiger partial charge in [0.05, 0.1) is 7.11 Å². The number of fused-ring (bicyclic) bond motifs is 2. The fraction of sp³-hybridized carbons (Fsp3) is 0.643. The second kappa shape index (κ2) is 4.86. The first kappa shape index (κ1) is 11.9. The number of hydrogen-bond donors (Lipinski definition) is 0. The summed E-state index contributed by atoms with van der Waals surface area (Å²) in [6.45, 7) is 6.93. The number of hydrogen-bond acceptors (Lipinski definition) is 4. The van der Waals surface area contributed by atoms with Gasteiger partial charge in [0.2, 0.25) is 5.88 Å². The molecule has 2 aliphatic heterocycles. The van der Waals surface area contributed by atoms with E-state index >= 15 is 0 Å². The Kier molecular flexibility index (Phi) is 3.22. The van der Waals surface area contributed by atoms with Crippen molar-refractivity contribution in [3.63, 3.8) is 0 Å². The molecular weight excluding hydrogens is 226 g/mol. The molecule has 4 nitrogen and oxygen atoms in total. The van der Waals surface area contributed by atoms with Crippen molar-refractivity contribution in [2.75, 3.05) is 26.7 Å². The number of aromatic nitrogens is 1. The van der Waals surface area contributed by atoms with E-state index in [1.807, 2.05) is 12.3 Å². The molecule has 2 fully saturated rings. The van der Waals surface area contributed by atoms with Crippen LogP contribution in [0.2, 0.25) is 0 Å². The van der Waals surface area contributed by atoms with E-state index in [0.29, 0.717) is 5.88 Å². The molecule has 0 N–H and O–H groups in total. The van der Waals surface area contributed by atoms with Crippen molar-refractivity contribution in [3.05, 3.63) is 23.9 Å². The summed E-state index contributed by atoms with van der Waals surface area (Å²) in [5.74, 6) is 0.693. The lowest BCUT2D eigenvalue weighted by atomic mass is 10.2. The number of nitrogens with zero attached hydrogens (tertiary/aromatic N) is 3. The van der Waals surface area contributed by atoms with E-state index in [0.717, 1.165) is 18.6 Å². The molecule has 98 valence electrons. The van der Waals surface area contributed by atoms with Crippen molar-refractivity contribution in [1.29, 1.82) is 0 Å². The van der Waals surface area contributed by atoms with E-state index in [1.54, 1.807) is 7.11 Å². The van der Waals surface area contributed by atoms with Crippen LogP contribution in [0.3, 0.4) is 0 Å². The quantitative estimate of drug-likeness (QED) is 0.803. The van der Waals surface area contributed by atoms with Crippen LogP contribution in [0.25, 0.3) is 0 Å². The lowest BCUT2D eigenvalue weighted by Gasteiger charge is -2.33. The molecule has 0 aromatic carbocycles. The Morgan fingerprint density at radius 2 is 2.06 bits per heavy atom. The minimum atomic E-state index is 0.693. The third-order valence-electron chi connectivity index (χ3n) is 4.27. The van der Waals surface area contributed by atoms with Crippen molar-refractivity contribution in [1.82, 2.24) is 14.8 Å². The Labute approximate surface area is 109 Å². The molecule has 2 unspecified atom stereocenters. The standard InChI is InChI=1S/C14H21N3O/c1-3-16-9-13-6-12(16)10-17(13)8-11-4-5-14(18-2)15-7-11/h4-5,7,12-13H,3,6,8-10H2,1-2H3. The second-order valence-corrected chi connectivity index (χ2v) is 5.27. The van der Waals surface area contributed by atoms with Crippen LogP contribution in [0.1, 0.15) is 18.9 Å². The summed E-state index contributed by atoms with van der Waals surface area (Å²) >= 11 is 0. The topological polar surface area (TPSA) is 28.6 Å². The molecule has 2 atom stereocenters. The molecule has 18 heavy (non-hydrogen) atoms. The van der Waals surface area contributed by atoms with Gasteiger partial charge in [0, 0.05) is 44.0 Å². The van der Waals surface area contributed by atoms with Crippen LogP contribution in [0.5, 0.6) is 5.88 Å². The molecule has 2 bridgehead atoms. The maximum absolute atomic E-state index is 5.09. The van der Waals surface area contributed by atoms with E-state index in [4.69, 9.17) is 4.74 Å². The number of ether oxygens (including phenoxy) is 1. The van der Waals surface area contributed by atoms with Crippen LogP contribution >= 0.6 is 0 Å². The number of likely N-dealkylation sites (N-methyl/N-ethyl adjacent to an activating group) is 1. The van der Waals surface area contributed by atoms with Gasteiger partial charge in [-0.3, -0.25) is 9.80 Å². The van der Waals surface area contributed by atoms with Crippen molar-refractivity contribution >= 4 is 0 Å². The SMILES string of the molecule is CCN1CC2CC1CN2Cc1ccc(OC)nc1. The molecule has 1 aromatic rings. The fourth-order valence-electron chi connectivity index (χ4n) is 3.27. The van der Waals surface area contributed by atoms with Gasteiger partial charge in [-0.2, -0.15) is 0 Å². The zero-order chi connectivity index (χ0) is 12.5. The number of pyridine rings is 1. The molecule has 3 rings (SSSR count). The highest BCUT2D eigenvalue weighted by Gasteiger charge is 2.41. The van der Waals surface area contributed by atoms with Crippen molar-refractivity contribution < 1.29 is 4.74 Å². The summed E-state index contributed by atoms with van der Waals surface area (Å²) in [5, 5.41) is 0. The highest BCUT2D eigenvalue weighted by atomic mass is 16.5. The first-order valence-electron chi connectivity index (χ1n) is 6.77. The van der Waals surface area contributed by atoms with Gasteiger partial charge in [-0.1, -0.05) is 13.0 Å². The zero-order valence-electron chi connectivity index (χ0n) is 11.2. The van der Waals surface area contributed by atoms with Crippen LogP contribution < -0.4 is 4.74 Å². The minimum Gasteiger partial charge on any atom is -0.481 e. The van der Waals surface area contributed by atoms with E-state index in [-0.39, 0.29) is 0 Å². The molecule has 2 aliphatic rings. The van der Waals surface area contributed by atoms with E-state index < -0.39 is 0 Å². The molecule has 0 aliphatic carbocycles. The smallest absolute Gasteiger partial charge is 0.212 e. The number of piperazine rings is 1. The second-order valence-electron chi connectivity index (χ2n) is 5.27. The lowest BCUT2D eigenvalue weighted by molar-refractivity contribution is 0.127. The summed E-state index contributed by atoms with van der Waals surface area (Å²) in [7, 11) is 1.65. The Hall–Kier alpha value is -1.13. The Balaban J connectivity index is 1.61. The van der Waals surface area contributed by atoms with Crippen molar-refractivity contribution in [2.45, 2.75) is 32.0 Å². The Morgan fingerprint density at radius 1 is 1.28 bits per heavy atom. The third kappa shape index (κ3) is 2.10. The van der Waals surface area contributed by atoms with E-state index in [2.05, 4.69) is 27.8 Å². The van der Waals surface area contributed by atoms with Gasteiger partial charge < -0.3 is 4.74 Å². The molecule has 0 saturated carbocycles. The summed E-state index contributed by atoms with van der Waals surface area (Å²) in [6, 6.07) is 5.60. The number of rotatable bonds is 4. The van der Waals surface area contributed by atoms with Gasteiger partial charge in [0.1, 0.15) is 0 Å². The summed E-state index contributed by atoms with van der Waals surface area (Å²) in [5.41, 5.74) is 1.28. The Bertz CT molecular complexity index is 406. The molecule has 1 aromatic heterocycles. The van der Waals surface area contributed by atoms with Gasteiger partial charge in [-0.05, 0) is 18.5 Å². The third-order valence-corrected chi connectivity index (χ3v) is 4.27. The molecule has 0 amide bonds. The number of likely N-dealkylation sites (tertiary alicyclic amines) is 2. The Morgan fingerprint density at radius 3 is 2.61 bits per heavy atom. The normalized spacial score (nSPS) is 27.9. The zero-order valence-corrected chi connectivity index (χ0v) is 11.2. The molecular formula is C14H21N3O. The average molecular weight is 247 g/mol. The lowest BCUT2D eigenvalue weighted by Crippen LogP contribution is -2.45. The van der Waals surface area contributed by atoms with Gasteiger partial charge in [-0.25, -0.2) is 4.98 Å². The highest BCUT2D eigenvalue weighted by Crippen LogP contribution is 2.31. The summed E-state index contributed by atoms with van der Waals surface area (Å²) in [4.78, 5) is 9.48.